The van der Waals surface area contributed by atoms with Gasteiger partial charge in [-0.2, -0.15) is 0 Å². The first-order valence-electron chi connectivity index (χ1n) is 6.52. The molecule has 1 saturated carbocycles. The predicted octanol–water partition coefficient (Wildman–Crippen LogP) is 3.35. The molecule has 1 nitrogen and oxygen atoms in total. The van der Waals surface area contributed by atoms with E-state index in [2.05, 4.69) is 25.1 Å². The zero-order valence-corrected chi connectivity index (χ0v) is 10.3. The third-order valence-electron chi connectivity index (χ3n) is 3.71. The van der Waals surface area contributed by atoms with Crippen LogP contribution in [0.4, 0.5) is 0 Å². The van der Waals surface area contributed by atoms with Gasteiger partial charge in [-0.1, -0.05) is 39.0 Å². The number of hydrogen-bond acceptors (Lipinski definition) is 1. The quantitative estimate of drug-likeness (QED) is 0.550. The van der Waals surface area contributed by atoms with Crippen LogP contribution in [-0.4, -0.2) is 12.1 Å². The minimum atomic E-state index is 0.285. The van der Waals surface area contributed by atoms with E-state index in [1.165, 1.54) is 38.5 Å². The van der Waals surface area contributed by atoms with Crippen LogP contribution < -0.4 is 5.32 Å². The molecule has 0 saturated heterocycles. The molecule has 0 spiro atoms. The summed E-state index contributed by atoms with van der Waals surface area (Å²) in [7, 11) is 0. The van der Waals surface area contributed by atoms with Gasteiger partial charge < -0.3 is 5.32 Å². The molecule has 0 bridgehead atoms. The Bertz CT molecular complexity index is 204. The summed E-state index contributed by atoms with van der Waals surface area (Å²) in [6, 6.07) is 0.954. The number of terminal acetylenes is 1. The predicted molar refractivity (Wildman–Crippen MR) is 66.7 cm³/mol. The maximum atomic E-state index is 5.48. The lowest BCUT2D eigenvalue weighted by molar-refractivity contribution is 0.409. The van der Waals surface area contributed by atoms with Crippen LogP contribution in [0, 0.1) is 18.3 Å². The van der Waals surface area contributed by atoms with Gasteiger partial charge in [-0.25, -0.2) is 0 Å². The van der Waals surface area contributed by atoms with Crippen molar-refractivity contribution in [3.05, 3.63) is 0 Å². The Labute approximate surface area is 95.0 Å². The van der Waals surface area contributed by atoms with Crippen LogP contribution in [0.2, 0.25) is 0 Å². The van der Waals surface area contributed by atoms with E-state index in [0.29, 0.717) is 6.04 Å². The van der Waals surface area contributed by atoms with E-state index in [1.807, 2.05) is 0 Å². The van der Waals surface area contributed by atoms with E-state index in [0.717, 1.165) is 12.3 Å². The fourth-order valence-electron chi connectivity index (χ4n) is 2.52. The number of nitrogens with one attached hydrogen (secondary N) is 1. The van der Waals surface area contributed by atoms with Gasteiger partial charge in [-0.05, 0) is 31.6 Å². The third-order valence-corrected chi connectivity index (χ3v) is 3.71. The normalized spacial score (nSPS) is 29.1. The van der Waals surface area contributed by atoms with E-state index >= 15 is 0 Å². The molecule has 0 aliphatic heterocycles. The SMILES string of the molecule is C#CC(CC)NC1CCCC(CC)CC1. The maximum Gasteiger partial charge on any atom is 0.0686 e. The summed E-state index contributed by atoms with van der Waals surface area (Å²) < 4.78 is 0. The second-order valence-corrected chi connectivity index (χ2v) is 4.77. The molecular formula is C14H25N. The van der Waals surface area contributed by atoms with Crippen molar-refractivity contribution in [2.45, 2.75) is 70.9 Å². The lowest BCUT2D eigenvalue weighted by atomic mass is 9.97. The zero-order chi connectivity index (χ0) is 11.1. The average Bonchev–Trinajstić information content (AvgIpc) is 2.50. The summed E-state index contributed by atoms with van der Waals surface area (Å²) in [5.41, 5.74) is 0. The molecular weight excluding hydrogens is 182 g/mol. The van der Waals surface area contributed by atoms with Gasteiger partial charge in [0.15, 0.2) is 0 Å². The van der Waals surface area contributed by atoms with Crippen LogP contribution in [-0.2, 0) is 0 Å². The average molecular weight is 207 g/mol. The molecule has 1 rings (SSSR count). The molecule has 86 valence electrons. The van der Waals surface area contributed by atoms with E-state index < -0.39 is 0 Å². The Morgan fingerprint density at radius 3 is 2.67 bits per heavy atom. The molecule has 1 N–H and O–H groups in total. The van der Waals surface area contributed by atoms with Crippen molar-refractivity contribution in [3.63, 3.8) is 0 Å². The molecule has 3 unspecified atom stereocenters. The van der Waals surface area contributed by atoms with Crippen LogP contribution in [0.5, 0.6) is 0 Å². The Morgan fingerprint density at radius 1 is 1.27 bits per heavy atom. The molecule has 15 heavy (non-hydrogen) atoms. The van der Waals surface area contributed by atoms with Gasteiger partial charge in [-0.15, -0.1) is 6.42 Å². The molecule has 1 fully saturated rings. The first-order chi connectivity index (χ1) is 7.30. The molecule has 0 amide bonds. The van der Waals surface area contributed by atoms with Crippen LogP contribution in [0.1, 0.15) is 58.8 Å². The largest absolute Gasteiger partial charge is 0.301 e. The monoisotopic (exact) mass is 207 g/mol. The maximum absolute atomic E-state index is 5.48. The third kappa shape index (κ3) is 4.26. The lowest BCUT2D eigenvalue weighted by Crippen LogP contribution is -2.36. The van der Waals surface area contributed by atoms with Gasteiger partial charge in [0.2, 0.25) is 0 Å². The second-order valence-electron chi connectivity index (χ2n) is 4.77. The van der Waals surface area contributed by atoms with Crippen LogP contribution >= 0.6 is 0 Å². The summed E-state index contributed by atoms with van der Waals surface area (Å²) in [6.45, 7) is 4.47. The van der Waals surface area contributed by atoms with Gasteiger partial charge >= 0.3 is 0 Å². The summed E-state index contributed by atoms with van der Waals surface area (Å²) in [5.74, 6) is 3.79. The van der Waals surface area contributed by atoms with E-state index in [9.17, 15) is 0 Å². The van der Waals surface area contributed by atoms with Crippen LogP contribution in [0.3, 0.4) is 0 Å². The van der Waals surface area contributed by atoms with Crippen LogP contribution in [0.25, 0.3) is 0 Å². The molecule has 0 aromatic heterocycles. The summed E-state index contributed by atoms with van der Waals surface area (Å²) in [4.78, 5) is 0. The van der Waals surface area contributed by atoms with Crippen molar-refractivity contribution in [1.82, 2.24) is 5.32 Å². The van der Waals surface area contributed by atoms with Crippen molar-refractivity contribution in [1.29, 1.82) is 0 Å². The molecule has 3 atom stereocenters. The number of hydrogen-bond donors (Lipinski definition) is 1. The van der Waals surface area contributed by atoms with E-state index in [-0.39, 0.29) is 6.04 Å². The zero-order valence-electron chi connectivity index (χ0n) is 10.3. The molecule has 0 radical (unpaired) electrons. The fraction of sp³-hybridized carbons (Fsp3) is 0.857. The van der Waals surface area contributed by atoms with Gasteiger partial charge in [0.25, 0.3) is 0 Å². The molecule has 1 aliphatic rings. The van der Waals surface area contributed by atoms with Crippen molar-refractivity contribution in [2.75, 3.05) is 0 Å². The fourth-order valence-corrected chi connectivity index (χ4v) is 2.52. The highest BCUT2D eigenvalue weighted by molar-refractivity contribution is 4.99. The summed E-state index contributed by atoms with van der Waals surface area (Å²) in [6.07, 6.45) is 14.7. The smallest absolute Gasteiger partial charge is 0.0686 e. The Morgan fingerprint density at radius 2 is 2.07 bits per heavy atom. The van der Waals surface area contributed by atoms with Crippen LogP contribution in [0.15, 0.2) is 0 Å². The van der Waals surface area contributed by atoms with E-state index in [4.69, 9.17) is 6.42 Å². The van der Waals surface area contributed by atoms with Crippen molar-refractivity contribution < 1.29 is 0 Å². The topological polar surface area (TPSA) is 12.0 Å². The molecule has 0 heterocycles. The van der Waals surface area contributed by atoms with Gasteiger partial charge in [0.1, 0.15) is 0 Å². The lowest BCUT2D eigenvalue weighted by Gasteiger charge is -2.20. The Balaban J connectivity index is 2.34. The van der Waals surface area contributed by atoms with Crippen molar-refractivity contribution >= 4 is 0 Å². The first-order valence-corrected chi connectivity index (χ1v) is 6.52. The highest BCUT2D eigenvalue weighted by Gasteiger charge is 2.18. The molecule has 0 aromatic rings. The summed E-state index contributed by atoms with van der Waals surface area (Å²) >= 11 is 0. The molecule has 1 aliphatic carbocycles. The highest BCUT2D eigenvalue weighted by atomic mass is 14.9. The van der Waals surface area contributed by atoms with Crippen molar-refractivity contribution in [2.24, 2.45) is 5.92 Å². The second kappa shape index (κ2) is 6.90. The van der Waals surface area contributed by atoms with Gasteiger partial charge in [0, 0.05) is 6.04 Å². The molecule has 1 heteroatoms. The molecule has 0 aromatic carbocycles. The standard InChI is InChI=1S/C14H25N/c1-4-12-8-7-9-14(11-10-12)15-13(5-2)6-3/h2,12-15H,4,6-11H2,1,3H3. The Kier molecular flexibility index (Phi) is 5.79. The van der Waals surface area contributed by atoms with Crippen molar-refractivity contribution in [3.8, 4) is 12.3 Å². The Hall–Kier alpha value is -0.480. The van der Waals surface area contributed by atoms with Gasteiger partial charge in [-0.3, -0.25) is 0 Å². The van der Waals surface area contributed by atoms with Gasteiger partial charge in [0.05, 0.1) is 6.04 Å². The summed E-state index contributed by atoms with van der Waals surface area (Å²) in [5, 5.41) is 3.60. The highest BCUT2D eigenvalue weighted by Crippen LogP contribution is 2.25. The number of rotatable bonds is 4. The minimum absolute atomic E-state index is 0.285. The first kappa shape index (κ1) is 12.6. The van der Waals surface area contributed by atoms with E-state index in [1.54, 1.807) is 0 Å². The minimum Gasteiger partial charge on any atom is -0.301 e.